The molecule has 0 spiro atoms. The molecule has 1 aromatic carbocycles. The van der Waals surface area contributed by atoms with Gasteiger partial charge >= 0.3 is 0 Å². The molecule has 1 saturated heterocycles. The summed E-state index contributed by atoms with van der Waals surface area (Å²) in [4.78, 5) is 22.0. The second-order valence-corrected chi connectivity index (χ2v) is 4.20. The summed E-state index contributed by atoms with van der Waals surface area (Å²) in [6.45, 7) is 2.89. The second kappa shape index (κ2) is 5.15. The topological polar surface area (TPSA) is 84.3 Å². The van der Waals surface area contributed by atoms with E-state index in [9.17, 15) is 19.3 Å². The van der Waals surface area contributed by atoms with Gasteiger partial charge in [-0.05, 0) is 18.6 Å². The van der Waals surface area contributed by atoms with Crippen molar-refractivity contribution in [2.45, 2.75) is 6.92 Å². The van der Waals surface area contributed by atoms with Gasteiger partial charge < -0.3 is 10.6 Å². The Hall–Kier alpha value is -2.28. The highest BCUT2D eigenvalue weighted by Gasteiger charge is 2.20. The summed E-state index contributed by atoms with van der Waals surface area (Å²) >= 11 is 0. The molecule has 1 amide bonds. The van der Waals surface area contributed by atoms with Gasteiger partial charge in [-0.3, -0.25) is 14.9 Å². The van der Waals surface area contributed by atoms with Gasteiger partial charge in [-0.1, -0.05) is 0 Å². The summed E-state index contributed by atoms with van der Waals surface area (Å²) in [7, 11) is 0. The van der Waals surface area contributed by atoms with Crippen molar-refractivity contribution < 1.29 is 14.1 Å². The minimum atomic E-state index is -0.664. The van der Waals surface area contributed by atoms with Crippen molar-refractivity contribution in [3.8, 4) is 0 Å². The van der Waals surface area contributed by atoms with Gasteiger partial charge in [0.2, 0.25) is 0 Å². The molecule has 0 aromatic heterocycles. The monoisotopic (exact) mass is 265 g/mol. The molecule has 6 nitrogen and oxygen atoms in total. The number of nitrogens with zero attached hydrogens (tertiary/aromatic N) is 1. The van der Waals surface area contributed by atoms with Crippen molar-refractivity contribution in [3.63, 3.8) is 0 Å². The first-order chi connectivity index (χ1) is 8.99. The minimum absolute atomic E-state index is 0.137. The first-order valence-corrected chi connectivity index (χ1v) is 5.63. The molecule has 1 aliphatic rings. The smallest absolute Gasteiger partial charge is 0.292 e. The zero-order valence-electron chi connectivity index (χ0n) is 10.2. The Bertz CT molecular complexity index is 578. The molecule has 1 fully saturated rings. The highest BCUT2D eigenvalue weighted by molar-refractivity contribution is 6.05. The van der Waals surface area contributed by atoms with Crippen LogP contribution in [0.25, 0.3) is 0 Å². The Labute approximate surface area is 108 Å². The molecule has 1 aromatic rings. The molecule has 0 atom stereocenters. The van der Waals surface area contributed by atoms with Gasteiger partial charge in [0, 0.05) is 30.8 Å². The van der Waals surface area contributed by atoms with E-state index in [0.29, 0.717) is 18.7 Å². The van der Waals surface area contributed by atoms with Gasteiger partial charge in [-0.2, -0.15) is 0 Å². The van der Waals surface area contributed by atoms with Crippen LogP contribution >= 0.6 is 0 Å². The number of halogens is 1. The summed E-state index contributed by atoms with van der Waals surface area (Å²) in [6, 6.07) is 2.94. The standard InChI is InChI=1S/C12H12FN3O3/c1-7(8-5-14-6-8)12(17)15-10-4-9(13)2-3-11(10)16(18)19/h2-4,14H,5-6H2,1H3,(H,15,17). The number of nitrogens with one attached hydrogen (secondary N) is 2. The zero-order chi connectivity index (χ0) is 14.0. The quantitative estimate of drug-likeness (QED) is 0.494. The SMILES string of the molecule is CC(C(=O)Nc1cc(F)ccc1[N+](=O)[O-])=C1CNC1. The van der Waals surface area contributed by atoms with E-state index in [-0.39, 0.29) is 11.4 Å². The highest BCUT2D eigenvalue weighted by atomic mass is 19.1. The molecule has 7 heteroatoms. The van der Waals surface area contributed by atoms with E-state index in [1.165, 1.54) is 0 Å². The van der Waals surface area contributed by atoms with Gasteiger partial charge in [0.05, 0.1) is 4.92 Å². The van der Waals surface area contributed by atoms with Gasteiger partial charge in [0.25, 0.3) is 11.6 Å². The van der Waals surface area contributed by atoms with Crippen LogP contribution in [0.2, 0.25) is 0 Å². The van der Waals surface area contributed by atoms with Crippen LogP contribution in [-0.2, 0) is 4.79 Å². The molecule has 19 heavy (non-hydrogen) atoms. The van der Waals surface area contributed by atoms with Crippen LogP contribution < -0.4 is 10.6 Å². The fraction of sp³-hybridized carbons (Fsp3) is 0.250. The number of hydrogen-bond donors (Lipinski definition) is 2. The number of anilines is 1. The molecular weight excluding hydrogens is 253 g/mol. The molecule has 1 aliphatic heterocycles. The summed E-state index contributed by atoms with van der Waals surface area (Å²) in [5.74, 6) is -1.10. The van der Waals surface area contributed by atoms with E-state index in [4.69, 9.17) is 0 Å². The highest BCUT2D eigenvalue weighted by Crippen LogP contribution is 2.25. The number of carbonyl (C=O) groups excluding carboxylic acids is 1. The summed E-state index contributed by atoms with van der Waals surface area (Å²) < 4.78 is 13.1. The van der Waals surface area contributed by atoms with Gasteiger partial charge in [-0.25, -0.2) is 4.39 Å². The lowest BCUT2D eigenvalue weighted by Gasteiger charge is -2.21. The van der Waals surface area contributed by atoms with E-state index in [1.54, 1.807) is 6.92 Å². The number of carbonyl (C=O) groups is 1. The van der Waals surface area contributed by atoms with Crippen molar-refractivity contribution in [2.24, 2.45) is 0 Å². The number of rotatable bonds is 3. The van der Waals surface area contributed by atoms with E-state index in [2.05, 4.69) is 10.6 Å². The van der Waals surface area contributed by atoms with Crippen molar-refractivity contribution in [1.29, 1.82) is 0 Å². The maximum absolute atomic E-state index is 13.1. The molecule has 2 rings (SSSR count). The fourth-order valence-electron chi connectivity index (χ4n) is 1.66. The summed E-state index contributed by atoms with van der Waals surface area (Å²) in [5.41, 5.74) is 0.968. The predicted octanol–water partition coefficient (Wildman–Crippen LogP) is 1.59. The Morgan fingerprint density at radius 2 is 2.16 bits per heavy atom. The van der Waals surface area contributed by atoms with Crippen LogP contribution in [0.5, 0.6) is 0 Å². The van der Waals surface area contributed by atoms with Gasteiger partial charge in [0.15, 0.2) is 0 Å². The second-order valence-electron chi connectivity index (χ2n) is 4.20. The van der Waals surface area contributed by atoms with Crippen molar-refractivity contribution >= 4 is 17.3 Å². The average Bonchev–Trinajstić information content (AvgIpc) is 2.26. The third-order valence-electron chi connectivity index (χ3n) is 2.95. The predicted molar refractivity (Wildman–Crippen MR) is 67.3 cm³/mol. The third kappa shape index (κ3) is 2.76. The molecule has 0 saturated carbocycles. The number of nitro benzene ring substituents is 1. The Kier molecular flexibility index (Phi) is 3.57. The molecule has 0 aliphatic carbocycles. The van der Waals surface area contributed by atoms with Crippen LogP contribution in [0.1, 0.15) is 6.92 Å². The lowest BCUT2D eigenvalue weighted by molar-refractivity contribution is -0.384. The third-order valence-corrected chi connectivity index (χ3v) is 2.95. The average molecular weight is 265 g/mol. The van der Waals surface area contributed by atoms with E-state index < -0.39 is 16.6 Å². The van der Waals surface area contributed by atoms with Crippen LogP contribution in [0.3, 0.4) is 0 Å². The Morgan fingerprint density at radius 3 is 2.68 bits per heavy atom. The van der Waals surface area contributed by atoms with Crippen LogP contribution in [0, 0.1) is 15.9 Å². The first-order valence-electron chi connectivity index (χ1n) is 5.63. The number of amides is 1. The first kappa shape index (κ1) is 13.2. The van der Waals surface area contributed by atoms with Gasteiger partial charge in [-0.15, -0.1) is 0 Å². The lowest BCUT2D eigenvalue weighted by Crippen LogP contribution is -2.36. The Balaban J connectivity index is 2.25. The number of benzene rings is 1. The van der Waals surface area contributed by atoms with E-state index in [1.807, 2.05) is 0 Å². The van der Waals surface area contributed by atoms with Crippen molar-refractivity contribution in [2.75, 3.05) is 18.4 Å². The lowest BCUT2D eigenvalue weighted by atomic mass is 10.0. The van der Waals surface area contributed by atoms with Gasteiger partial charge in [0.1, 0.15) is 11.5 Å². The summed E-state index contributed by atoms with van der Waals surface area (Å²) in [5, 5.41) is 16.2. The normalized spacial score (nSPS) is 13.7. The molecular formula is C12H12FN3O3. The molecule has 0 radical (unpaired) electrons. The van der Waals surface area contributed by atoms with Crippen molar-refractivity contribution in [3.05, 3.63) is 45.3 Å². The number of hydrogen-bond acceptors (Lipinski definition) is 4. The van der Waals surface area contributed by atoms with E-state index in [0.717, 1.165) is 23.8 Å². The molecule has 0 bridgehead atoms. The minimum Gasteiger partial charge on any atom is -0.316 e. The molecule has 0 unspecified atom stereocenters. The maximum atomic E-state index is 13.1. The fourth-order valence-corrected chi connectivity index (χ4v) is 1.66. The van der Waals surface area contributed by atoms with E-state index >= 15 is 0 Å². The Morgan fingerprint density at radius 1 is 1.47 bits per heavy atom. The summed E-state index contributed by atoms with van der Waals surface area (Å²) in [6.07, 6.45) is 0. The zero-order valence-corrected chi connectivity index (χ0v) is 10.2. The molecule has 1 heterocycles. The number of nitro groups is 1. The maximum Gasteiger partial charge on any atom is 0.292 e. The molecule has 100 valence electrons. The van der Waals surface area contributed by atoms with Crippen LogP contribution in [0.4, 0.5) is 15.8 Å². The van der Waals surface area contributed by atoms with Crippen molar-refractivity contribution in [1.82, 2.24) is 5.32 Å². The largest absolute Gasteiger partial charge is 0.316 e. The van der Waals surface area contributed by atoms with Crippen LogP contribution in [0.15, 0.2) is 29.3 Å². The molecule has 2 N–H and O–H groups in total. The van der Waals surface area contributed by atoms with Crippen LogP contribution in [-0.4, -0.2) is 23.9 Å².